The van der Waals surface area contributed by atoms with Crippen molar-refractivity contribution in [1.82, 2.24) is 0 Å². The van der Waals surface area contributed by atoms with Gasteiger partial charge in [-0.1, -0.05) is 59.8 Å². The third-order valence-corrected chi connectivity index (χ3v) is 3.24. The molecule has 0 unspecified atom stereocenters. The first kappa shape index (κ1) is 16.7. The second-order valence-corrected chi connectivity index (χ2v) is 6.17. The number of hydrogen-bond acceptors (Lipinski definition) is 1. The number of rotatable bonds is 11. The molecule has 1 heteroatoms. The van der Waals surface area contributed by atoms with E-state index in [2.05, 4.69) is 27.7 Å². The quantitative estimate of drug-likeness (QED) is 0.443. The fraction of sp³-hybridized carbons (Fsp3) is 0.938. The first-order valence-electron chi connectivity index (χ1n) is 7.54. The van der Waals surface area contributed by atoms with Crippen LogP contribution < -0.4 is 0 Å². The minimum absolute atomic E-state index is 0.473. The monoisotopic (exact) mass is 240 g/mol. The van der Waals surface area contributed by atoms with Gasteiger partial charge in [-0.25, -0.2) is 0 Å². The summed E-state index contributed by atoms with van der Waals surface area (Å²) in [6.45, 7) is 8.94. The lowest BCUT2D eigenvalue weighted by atomic mass is 10.0. The van der Waals surface area contributed by atoms with Crippen LogP contribution in [0.3, 0.4) is 0 Å². The third-order valence-electron chi connectivity index (χ3n) is 3.24. The van der Waals surface area contributed by atoms with Crippen molar-refractivity contribution >= 4 is 5.78 Å². The van der Waals surface area contributed by atoms with Crippen LogP contribution in [0.4, 0.5) is 0 Å². The van der Waals surface area contributed by atoms with Crippen LogP contribution in [0.2, 0.25) is 0 Å². The molecule has 0 atom stereocenters. The summed E-state index contributed by atoms with van der Waals surface area (Å²) in [6, 6.07) is 0. The summed E-state index contributed by atoms with van der Waals surface area (Å²) in [4.78, 5) is 11.5. The predicted octanol–water partition coefficient (Wildman–Crippen LogP) is 5.38. The zero-order chi connectivity index (χ0) is 13.1. The van der Waals surface area contributed by atoms with Gasteiger partial charge in [-0.2, -0.15) is 0 Å². The Kier molecular flexibility index (Phi) is 10.6. The fourth-order valence-electron chi connectivity index (χ4n) is 1.98. The molecule has 0 fully saturated rings. The molecule has 0 bridgehead atoms. The maximum Gasteiger partial charge on any atom is 0.132 e. The number of ketones is 1. The zero-order valence-corrected chi connectivity index (χ0v) is 12.4. The van der Waals surface area contributed by atoms with Gasteiger partial charge in [-0.05, 0) is 24.7 Å². The minimum atomic E-state index is 0.473. The van der Waals surface area contributed by atoms with Crippen molar-refractivity contribution in [2.45, 2.75) is 85.5 Å². The van der Waals surface area contributed by atoms with E-state index in [-0.39, 0.29) is 0 Å². The number of hydrogen-bond donors (Lipinski definition) is 0. The van der Waals surface area contributed by atoms with Gasteiger partial charge in [0.2, 0.25) is 0 Å². The average Bonchev–Trinajstić information content (AvgIpc) is 2.24. The molecule has 17 heavy (non-hydrogen) atoms. The summed E-state index contributed by atoms with van der Waals surface area (Å²) in [5.74, 6) is 1.98. The molecule has 0 aliphatic carbocycles. The minimum Gasteiger partial charge on any atom is -0.300 e. The lowest BCUT2D eigenvalue weighted by Gasteiger charge is -2.05. The number of Topliss-reactive ketones (excluding diaryl/α,β-unsaturated/α-hetero) is 1. The van der Waals surface area contributed by atoms with E-state index in [4.69, 9.17) is 0 Å². The molecule has 0 amide bonds. The second-order valence-electron chi connectivity index (χ2n) is 6.17. The van der Waals surface area contributed by atoms with E-state index in [0.717, 1.165) is 31.6 Å². The second kappa shape index (κ2) is 10.8. The Morgan fingerprint density at radius 1 is 0.706 bits per heavy atom. The summed E-state index contributed by atoms with van der Waals surface area (Å²) in [5, 5.41) is 0. The van der Waals surface area contributed by atoms with Crippen LogP contribution in [0.15, 0.2) is 0 Å². The van der Waals surface area contributed by atoms with E-state index in [0.29, 0.717) is 11.7 Å². The van der Waals surface area contributed by atoms with E-state index < -0.39 is 0 Å². The van der Waals surface area contributed by atoms with Gasteiger partial charge in [-0.15, -0.1) is 0 Å². The van der Waals surface area contributed by atoms with Gasteiger partial charge in [0.1, 0.15) is 5.78 Å². The summed E-state index contributed by atoms with van der Waals surface area (Å²) in [6.07, 6.45) is 10.4. The van der Waals surface area contributed by atoms with Crippen molar-refractivity contribution in [3.05, 3.63) is 0 Å². The lowest BCUT2D eigenvalue weighted by Crippen LogP contribution is -2.00. The Morgan fingerprint density at radius 3 is 1.82 bits per heavy atom. The van der Waals surface area contributed by atoms with Gasteiger partial charge >= 0.3 is 0 Å². The standard InChI is InChI=1S/C16H32O/c1-14(2)10-8-6-5-7-9-11-16(17)13-12-15(3)4/h14-15H,5-13H2,1-4H3. The highest BCUT2D eigenvalue weighted by molar-refractivity contribution is 5.78. The zero-order valence-electron chi connectivity index (χ0n) is 12.4. The molecule has 0 aromatic carbocycles. The van der Waals surface area contributed by atoms with Crippen LogP contribution in [0.1, 0.15) is 85.5 Å². The molecule has 0 heterocycles. The van der Waals surface area contributed by atoms with Gasteiger partial charge < -0.3 is 0 Å². The molecule has 0 saturated carbocycles. The van der Waals surface area contributed by atoms with Crippen molar-refractivity contribution in [2.75, 3.05) is 0 Å². The Hall–Kier alpha value is -0.330. The molecule has 0 aliphatic heterocycles. The maximum absolute atomic E-state index is 11.5. The predicted molar refractivity (Wildman–Crippen MR) is 76.2 cm³/mol. The van der Waals surface area contributed by atoms with E-state index in [1.807, 2.05) is 0 Å². The highest BCUT2D eigenvalue weighted by atomic mass is 16.1. The normalized spacial score (nSPS) is 11.4. The van der Waals surface area contributed by atoms with Gasteiger partial charge in [0.05, 0.1) is 0 Å². The number of carbonyl (C=O) groups is 1. The Morgan fingerprint density at radius 2 is 1.24 bits per heavy atom. The lowest BCUT2D eigenvalue weighted by molar-refractivity contribution is -0.119. The van der Waals surface area contributed by atoms with Crippen molar-refractivity contribution in [2.24, 2.45) is 11.8 Å². The summed E-state index contributed by atoms with van der Waals surface area (Å²) >= 11 is 0. The first-order valence-corrected chi connectivity index (χ1v) is 7.54. The van der Waals surface area contributed by atoms with Crippen LogP contribution in [0, 0.1) is 11.8 Å². The van der Waals surface area contributed by atoms with Gasteiger partial charge in [0, 0.05) is 12.8 Å². The average molecular weight is 240 g/mol. The van der Waals surface area contributed by atoms with Gasteiger partial charge in [0.15, 0.2) is 0 Å². The number of carbonyl (C=O) groups excluding carboxylic acids is 1. The van der Waals surface area contributed by atoms with Crippen LogP contribution in [0.25, 0.3) is 0 Å². The molecule has 0 aromatic rings. The number of unbranched alkanes of at least 4 members (excludes halogenated alkanes) is 4. The van der Waals surface area contributed by atoms with E-state index in [1.165, 1.54) is 32.1 Å². The van der Waals surface area contributed by atoms with Crippen molar-refractivity contribution in [3.63, 3.8) is 0 Å². The molecule has 0 rings (SSSR count). The van der Waals surface area contributed by atoms with E-state index in [1.54, 1.807) is 0 Å². The molecule has 0 radical (unpaired) electrons. The van der Waals surface area contributed by atoms with Crippen LogP contribution >= 0.6 is 0 Å². The van der Waals surface area contributed by atoms with E-state index >= 15 is 0 Å². The molecular weight excluding hydrogens is 208 g/mol. The van der Waals surface area contributed by atoms with Crippen molar-refractivity contribution in [1.29, 1.82) is 0 Å². The largest absolute Gasteiger partial charge is 0.300 e. The fourth-order valence-corrected chi connectivity index (χ4v) is 1.98. The molecule has 1 nitrogen and oxygen atoms in total. The molecule has 0 spiro atoms. The van der Waals surface area contributed by atoms with E-state index in [9.17, 15) is 4.79 Å². The van der Waals surface area contributed by atoms with Gasteiger partial charge in [-0.3, -0.25) is 4.79 Å². The summed E-state index contributed by atoms with van der Waals surface area (Å²) in [5.41, 5.74) is 0. The molecule has 102 valence electrons. The summed E-state index contributed by atoms with van der Waals surface area (Å²) in [7, 11) is 0. The molecule has 0 aromatic heterocycles. The smallest absolute Gasteiger partial charge is 0.132 e. The Labute approximate surface area is 108 Å². The van der Waals surface area contributed by atoms with Crippen LogP contribution in [-0.2, 0) is 4.79 Å². The third kappa shape index (κ3) is 13.6. The van der Waals surface area contributed by atoms with Crippen LogP contribution in [-0.4, -0.2) is 5.78 Å². The van der Waals surface area contributed by atoms with Crippen molar-refractivity contribution in [3.8, 4) is 0 Å². The molecule has 0 saturated heterocycles. The maximum atomic E-state index is 11.5. The Balaban J connectivity index is 3.19. The highest BCUT2D eigenvalue weighted by Gasteiger charge is 2.03. The summed E-state index contributed by atoms with van der Waals surface area (Å²) < 4.78 is 0. The SMILES string of the molecule is CC(C)CCCCCCCC(=O)CCC(C)C. The van der Waals surface area contributed by atoms with Crippen molar-refractivity contribution < 1.29 is 4.79 Å². The topological polar surface area (TPSA) is 17.1 Å². The first-order chi connectivity index (χ1) is 8.02. The molecule has 0 aliphatic rings. The molecular formula is C16H32O. The molecule has 0 N–H and O–H groups in total. The Bertz CT molecular complexity index is 182. The van der Waals surface area contributed by atoms with Crippen LogP contribution in [0.5, 0.6) is 0 Å². The van der Waals surface area contributed by atoms with Gasteiger partial charge in [0.25, 0.3) is 0 Å². The highest BCUT2D eigenvalue weighted by Crippen LogP contribution is 2.12.